The van der Waals surface area contributed by atoms with E-state index in [1.165, 1.54) is 49.8 Å². The van der Waals surface area contributed by atoms with E-state index in [9.17, 15) is 9.59 Å². The molecule has 1 heterocycles. The Morgan fingerprint density at radius 2 is 1.18 bits per heavy atom. The van der Waals surface area contributed by atoms with Crippen molar-refractivity contribution < 1.29 is 14.3 Å². The summed E-state index contributed by atoms with van der Waals surface area (Å²) in [5.41, 5.74) is 1.96. The molecule has 6 heteroatoms. The highest BCUT2D eigenvalue weighted by atomic mass is 16.5. The molecule has 0 unspecified atom stereocenters. The van der Waals surface area contributed by atoms with E-state index in [1.54, 1.807) is 24.3 Å². The Morgan fingerprint density at radius 3 is 1.73 bits per heavy atom. The van der Waals surface area contributed by atoms with Crippen LogP contribution in [0.15, 0.2) is 58.8 Å². The standard InChI is InChI=1S/C27H34N3O3/c1-2-3-4-5-6-7-8-9-10-21-33-25-17-13-23(14-18-25)29-28-22-11-15-24(16-12-22)30-26(31)19-20-27(30)32/h11-18H,1-10,19-21H2. The molecule has 0 bridgehead atoms. The summed E-state index contributed by atoms with van der Waals surface area (Å²) in [5.74, 6) is 0.520. The first-order chi connectivity index (χ1) is 16.2. The summed E-state index contributed by atoms with van der Waals surface area (Å²) in [7, 11) is 0. The molecule has 2 aromatic carbocycles. The number of anilines is 1. The van der Waals surface area contributed by atoms with Crippen LogP contribution in [0.25, 0.3) is 0 Å². The number of nitrogens with zero attached hydrogens (tertiary/aromatic N) is 3. The van der Waals surface area contributed by atoms with Crippen molar-refractivity contribution in [3.63, 3.8) is 0 Å². The van der Waals surface area contributed by atoms with Crippen molar-refractivity contribution >= 4 is 28.9 Å². The molecule has 0 aliphatic carbocycles. The number of carbonyl (C=O) groups excluding carboxylic acids is 2. The Labute approximate surface area is 197 Å². The lowest BCUT2D eigenvalue weighted by atomic mass is 10.1. The van der Waals surface area contributed by atoms with Gasteiger partial charge in [0.05, 0.1) is 23.7 Å². The van der Waals surface area contributed by atoms with Crippen LogP contribution >= 0.6 is 0 Å². The number of benzene rings is 2. The SMILES string of the molecule is [CH2]CCCCCCCCCCOc1ccc(N=Nc2ccc(N3C(=O)CCC3=O)cc2)cc1. The number of azo groups is 1. The molecule has 33 heavy (non-hydrogen) atoms. The third-order valence-corrected chi connectivity index (χ3v) is 5.69. The highest BCUT2D eigenvalue weighted by Crippen LogP contribution is 2.26. The zero-order valence-electron chi connectivity index (χ0n) is 19.4. The summed E-state index contributed by atoms with van der Waals surface area (Å²) in [6.07, 6.45) is 11.7. The predicted octanol–water partition coefficient (Wildman–Crippen LogP) is 7.48. The largest absolute Gasteiger partial charge is 0.494 e. The first-order valence-corrected chi connectivity index (χ1v) is 12.1. The number of imide groups is 1. The normalized spacial score (nSPS) is 13.9. The molecular weight excluding hydrogens is 414 g/mol. The van der Waals surface area contributed by atoms with Crippen LogP contribution < -0.4 is 9.64 Å². The minimum Gasteiger partial charge on any atom is -0.494 e. The zero-order valence-corrected chi connectivity index (χ0v) is 19.4. The monoisotopic (exact) mass is 448 g/mol. The van der Waals surface area contributed by atoms with Crippen LogP contribution in [0.3, 0.4) is 0 Å². The number of unbranched alkanes of at least 4 members (excludes halogenated alkanes) is 8. The van der Waals surface area contributed by atoms with Crippen molar-refractivity contribution in [2.24, 2.45) is 10.2 Å². The van der Waals surface area contributed by atoms with Gasteiger partial charge < -0.3 is 4.74 Å². The van der Waals surface area contributed by atoms with Gasteiger partial charge in [-0.1, -0.05) is 58.3 Å². The summed E-state index contributed by atoms with van der Waals surface area (Å²) in [5, 5.41) is 8.48. The van der Waals surface area contributed by atoms with Gasteiger partial charge in [0.25, 0.3) is 0 Å². The molecule has 1 saturated heterocycles. The van der Waals surface area contributed by atoms with Crippen LogP contribution in [-0.4, -0.2) is 18.4 Å². The zero-order chi connectivity index (χ0) is 23.3. The van der Waals surface area contributed by atoms with Gasteiger partial charge in [-0.15, -0.1) is 0 Å². The van der Waals surface area contributed by atoms with E-state index in [-0.39, 0.29) is 24.7 Å². The summed E-state index contributed by atoms with van der Waals surface area (Å²) in [4.78, 5) is 24.9. The maximum atomic E-state index is 11.8. The fourth-order valence-corrected chi connectivity index (χ4v) is 3.79. The molecule has 1 aliphatic heterocycles. The Kier molecular flexibility index (Phi) is 10.1. The van der Waals surface area contributed by atoms with Crippen molar-refractivity contribution in [3.8, 4) is 5.75 Å². The van der Waals surface area contributed by atoms with Crippen LogP contribution in [0.4, 0.5) is 17.1 Å². The van der Waals surface area contributed by atoms with Crippen LogP contribution in [0, 0.1) is 6.92 Å². The summed E-state index contributed by atoms with van der Waals surface area (Å²) in [6, 6.07) is 14.5. The molecule has 2 aromatic rings. The molecule has 1 radical (unpaired) electrons. The second kappa shape index (κ2) is 13.5. The number of ether oxygens (including phenoxy) is 1. The Hall–Kier alpha value is -3.02. The van der Waals surface area contributed by atoms with Crippen molar-refractivity contribution in [1.29, 1.82) is 0 Å². The minimum absolute atomic E-state index is 0.160. The molecule has 6 nitrogen and oxygen atoms in total. The molecule has 0 spiro atoms. The highest BCUT2D eigenvalue weighted by molar-refractivity contribution is 6.19. The molecule has 3 rings (SSSR count). The smallest absolute Gasteiger partial charge is 0.234 e. The number of carbonyl (C=O) groups is 2. The highest BCUT2D eigenvalue weighted by Gasteiger charge is 2.29. The molecule has 1 fully saturated rings. The van der Waals surface area contributed by atoms with Gasteiger partial charge in [-0.2, -0.15) is 10.2 Å². The van der Waals surface area contributed by atoms with Crippen LogP contribution in [0.1, 0.15) is 70.6 Å². The molecule has 175 valence electrons. The molecule has 0 N–H and O–H groups in total. The number of hydrogen-bond acceptors (Lipinski definition) is 5. The first-order valence-electron chi connectivity index (χ1n) is 12.1. The van der Waals surface area contributed by atoms with E-state index >= 15 is 0 Å². The van der Waals surface area contributed by atoms with Crippen molar-refractivity contribution in [1.82, 2.24) is 0 Å². The van der Waals surface area contributed by atoms with Gasteiger partial charge in [-0.25, -0.2) is 0 Å². The number of rotatable bonds is 14. The topological polar surface area (TPSA) is 71.3 Å². The molecule has 0 atom stereocenters. The lowest BCUT2D eigenvalue weighted by Gasteiger charge is -2.13. The second-order valence-corrected chi connectivity index (χ2v) is 8.36. The van der Waals surface area contributed by atoms with E-state index < -0.39 is 0 Å². The summed E-state index contributed by atoms with van der Waals surface area (Å²) < 4.78 is 5.82. The van der Waals surface area contributed by atoms with Gasteiger partial charge >= 0.3 is 0 Å². The maximum absolute atomic E-state index is 11.8. The lowest BCUT2D eigenvalue weighted by Crippen LogP contribution is -2.28. The van der Waals surface area contributed by atoms with E-state index in [1.807, 2.05) is 24.3 Å². The number of amides is 2. The van der Waals surface area contributed by atoms with E-state index in [0.29, 0.717) is 11.4 Å². The third kappa shape index (κ3) is 8.12. The van der Waals surface area contributed by atoms with Gasteiger partial charge in [-0.3, -0.25) is 14.5 Å². The molecule has 1 aliphatic rings. The maximum Gasteiger partial charge on any atom is 0.234 e. The van der Waals surface area contributed by atoms with E-state index in [2.05, 4.69) is 17.2 Å². The van der Waals surface area contributed by atoms with Crippen LogP contribution in [0.5, 0.6) is 5.75 Å². The van der Waals surface area contributed by atoms with Gasteiger partial charge in [-0.05, 0) is 55.0 Å². The van der Waals surface area contributed by atoms with Crippen molar-refractivity contribution in [2.45, 2.75) is 70.6 Å². The lowest BCUT2D eigenvalue weighted by molar-refractivity contribution is -0.121. The summed E-state index contributed by atoms with van der Waals surface area (Å²) >= 11 is 0. The van der Waals surface area contributed by atoms with Gasteiger partial charge in [0, 0.05) is 12.8 Å². The number of hydrogen-bond donors (Lipinski definition) is 0. The van der Waals surface area contributed by atoms with Gasteiger partial charge in [0.1, 0.15) is 5.75 Å². The molecule has 0 saturated carbocycles. The van der Waals surface area contributed by atoms with E-state index in [0.717, 1.165) is 30.9 Å². The van der Waals surface area contributed by atoms with Crippen LogP contribution in [-0.2, 0) is 9.59 Å². The first kappa shape index (κ1) is 24.6. The average Bonchev–Trinajstić information content (AvgIpc) is 3.18. The van der Waals surface area contributed by atoms with Gasteiger partial charge in [0.15, 0.2) is 0 Å². The fraction of sp³-hybridized carbons (Fsp3) is 0.444. The Morgan fingerprint density at radius 1 is 0.697 bits per heavy atom. The molecule has 2 amide bonds. The quantitative estimate of drug-likeness (QED) is 0.171. The van der Waals surface area contributed by atoms with Crippen LogP contribution in [0.2, 0.25) is 0 Å². The minimum atomic E-state index is -0.160. The molecule has 0 aromatic heterocycles. The van der Waals surface area contributed by atoms with Gasteiger partial charge in [0.2, 0.25) is 11.8 Å². The Bertz CT molecular complexity index is 891. The molecular formula is C27H34N3O3. The Balaban J connectivity index is 1.35. The van der Waals surface area contributed by atoms with Crippen molar-refractivity contribution in [2.75, 3.05) is 11.5 Å². The second-order valence-electron chi connectivity index (χ2n) is 8.36. The van der Waals surface area contributed by atoms with Crippen molar-refractivity contribution in [3.05, 3.63) is 55.5 Å². The summed E-state index contributed by atoms with van der Waals surface area (Å²) in [6.45, 7) is 4.61. The van der Waals surface area contributed by atoms with E-state index in [4.69, 9.17) is 4.74 Å². The predicted molar refractivity (Wildman–Crippen MR) is 131 cm³/mol. The average molecular weight is 449 g/mol. The fourth-order valence-electron chi connectivity index (χ4n) is 3.79. The third-order valence-electron chi connectivity index (χ3n) is 5.69.